The Morgan fingerprint density at radius 3 is 2.44 bits per heavy atom. The molecule has 5 heteroatoms. The van der Waals surface area contributed by atoms with E-state index in [9.17, 15) is 9.59 Å². The van der Waals surface area contributed by atoms with Crippen molar-refractivity contribution in [2.75, 3.05) is 0 Å². The zero-order valence-corrected chi connectivity index (χ0v) is 10.1. The maximum absolute atomic E-state index is 11.5. The molecule has 2 rings (SSSR count). The van der Waals surface area contributed by atoms with Crippen LogP contribution in [-0.2, 0) is 6.54 Å². The number of carbonyl (C=O) groups excluding carboxylic acids is 1. The van der Waals surface area contributed by atoms with Gasteiger partial charge in [0.2, 0.25) is 0 Å². The van der Waals surface area contributed by atoms with Crippen LogP contribution in [-0.4, -0.2) is 23.1 Å². The van der Waals surface area contributed by atoms with Gasteiger partial charge in [-0.25, -0.2) is 9.59 Å². The molecule has 2 unspecified atom stereocenters. The summed E-state index contributed by atoms with van der Waals surface area (Å²) in [4.78, 5) is 22.1. The number of carboxylic acid groups (broad SMARTS) is 1. The lowest BCUT2D eigenvalue weighted by Gasteiger charge is -2.07. The summed E-state index contributed by atoms with van der Waals surface area (Å²) in [7, 11) is 0. The molecular formula is C13H16N2O3. The highest BCUT2D eigenvalue weighted by Gasteiger charge is 2.33. The van der Waals surface area contributed by atoms with Crippen LogP contribution in [0.5, 0.6) is 0 Å². The van der Waals surface area contributed by atoms with E-state index in [2.05, 4.69) is 17.6 Å². The maximum atomic E-state index is 11.5. The Labute approximate surface area is 105 Å². The molecule has 1 fully saturated rings. The minimum absolute atomic E-state index is 0.174. The van der Waals surface area contributed by atoms with Gasteiger partial charge < -0.3 is 15.7 Å². The monoisotopic (exact) mass is 248 g/mol. The number of nitrogens with one attached hydrogen (secondary N) is 2. The van der Waals surface area contributed by atoms with Crippen molar-refractivity contribution in [3.63, 3.8) is 0 Å². The third-order valence-electron chi connectivity index (χ3n) is 3.08. The number of hydrogen-bond acceptors (Lipinski definition) is 2. The topological polar surface area (TPSA) is 78.4 Å². The van der Waals surface area contributed by atoms with Crippen LogP contribution in [0.15, 0.2) is 24.3 Å². The molecule has 3 N–H and O–H groups in total. The molecule has 2 atom stereocenters. The van der Waals surface area contributed by atoms with E-state index in [1.54, 1.807) is 12.1 Å². The summed E-state index contributed by atoms with van der Waals surface area (Å²) < 4.78 is 0. The largest absolute Gasteiger partial charge is 0.478 e. The lowest BCUT2D eigenvalue weighted by molar-refractivity contribution is 0.0697. The van der Waals surface area contributed by atoms with Gasteiger partial charge in [0.1, 0.15) is 0 Å². The van der Waals surface area contributed by atoms with Crippen LogP contribution < -0.4 is 10.6 Å². The Morgan fingerprint density at radius 2 is 1.94 bits per heavy atom. The molecule has 0 radical (unpaired) electrons. The summed E-state index contributed by atoms with van der Waals surface area (Å²) in [6.45, 7) is 2.49. The molecule has 1 aliphatic carbocycles. The van der Waals surface area contributed by atoms with Crippen molar-refractivity contribution < 1.29 is 14.7 Å². The molecule has 0 spiro atoms. The molecule has 0 saturated heterocycles. The molecule has 18 heavy (non-hydrogen) atoms. The van der Waals surface area contributed by atoms with Crippen molar-refractivity contribution in [3.8, 4) is 0 Å². The van der Waals surface area contributed by atoms with Crippen molar-refractivity contribution in [2.45, 2.75) is 25.9 Å². The van der Waals surface area contributed by atoms with Crippen LogP contribution in [0.1, 0.15) is 29.3 Å². The molecule has 1 aliphatic rings. The van der Waals surface area contributed by atoms with E-state index in [0.29, 0.717) is 18.5 Å². The summed E-state index contributed by atoms with van der Waals surface area (Å²) in [5.41, 5.74) is 1.12. The van der Waals surface area contributed by atoms with E-state index in [0.717, 1.165) is 12.0 Å². The van der Waals surface area contributed by atoms with Crippen LogP contribution in [0.4, 0.5) is 4.79 Å². The number of hydrogen-bond donors (Lipinski definition) is 3. The van der Waals surface area contributed by atoms with Gasteiger partial charge in [0.15, 0.2) is 0 Å². The van der Waals surface area contributed by atoms with E-state index < -0.39 is 5.97 Å². The van der Waals surface area contributed by atoms with Crippen LogP contribution in [0.25, 0.3) is 0 Å². The van der Waals surface area contributed by atoms with Gasteiger partial charge in [-0.2, -0.15) is 0 Å². The van der Waals surface area contributed by atoms with E-state index in [4.69, 9.17) is 5.11 Å². The van der Waals surface area contributed by atoms with E-state index in [-0.39, 0.29) is 11.6 Å². The second-order valence-electron chi connectivity index (χ2n) is 4.65. The second kappa shape index (κ2) is 5.08. The average Bonchev–Trinajstić information content (AvgIpc) is 3.02. The van der Waals surface area contributed by atoms with Gasteiger partial charge in [-0.15, -0.1) is 0 Å². The molecule has 96 valence electrons. The van der Waals surface area contributed by atoms with Gasteiger partial charge in [0, 0.05) is 12.6 Å². The normalized spacial score (nSPS) is 21.2. The van der Waals surface area contributed by atoms with E-state index >= 15 is 0 Å². The quantitative estimate of drug-likeness (QED) is 0.757. The fraction of sp³-hybridized carbons (Fsp3) is 0.385. The van der Waals surface area contributed by atoms with Crippen molar-refractivity contribution >= 4 is 12.0 Å². The standard InChI is InChI=1S/C13H16N2O3/c1-8-6-11(8)15-13(18)14-7-9-2-4-10(5-3-9)12(16)17/h2-5,8,11H,6-7H2,1H3,(H,16,17)(H2,14,15,18). The van der Waals surface area contributed by atoms with Gasteiger partial charge in [0.25, 0.3) is 0 Å². The molecule has 0 aromatic heterocycles. The van der Waals surface area contributed by atoms with Crippen molar-refractivity contribution in [1.29, 1.82) is 0 Å². The highest BCUT2D eigenvalue weighted by Crippen LogP contribution is 2.28. The number of carboxylic acids is 1. The molecule has 0 heterocycles. The Bertz CT molecular complexity index is 456. The first-order chi connectivity index (χ1) is 8.56. The lowest BCUT2D eigenvalue weighted by Crippen LogP contribution is -2.36. The maximum Gasteiger partial charge on any atom is 0.335 e. The van der Waals surface area contributed by atoms with Crippen LogP contribution in [0, 0.1) is 5.92 Å². The number of aromatic carboxylic acids is 1. The predicted octanol–water partition coefficient (Wildman–Crippen LogP) is 1.59. The van der Waals surface area contributed by atoms with Crippen molar-refractivity contribution in [1.82, 2.24) is 10.6 Å². The van der Waals surface area contributed by atoms with E-state index in [1.807, 2.05) is 0 Å². The van der Waals surface area contributed by atoms with Crippen molar-refractivity contribution in [2.24, 2.45) is 5.92 Å². The number of amides is 2. The molecule has 2 amide bonds. The lowest BCUT2D eigenvalue weighted by atomic mass is 10.1. The first-order valence-corrected chi connectivity index (χ1v) is 5.93. The minimum Gasteiger partial charge on any atom is -0.478 e. The molecule has 1 aromatic carbocycles. The highest BCUT2D eigenvalue weighted by molar-refractivity contribution is 5.87. The van der Waals surface area contributed by atoms with Gasteiger partial charge in [-0.3, -0.25) is 0 Å². The fourth-order valence-electron chi connectivity index (χ4n) is 1.69. The molecule has 1 saturated carbocycles. The summed E-state index contributed by atoms with van der Waals surface area (Å²) in [5.74, 6) is -0.374. The number of carbonyl (C=O) groups is 2. The van der Waals surface area contributed by atoms with Gasteiger partial charge in [-0.05, 0) is 30.0 Å². The number of rotatable bonds is 4. The Balaban J connectivity index is 1.79. The third kappa shape index (κ3) is 3.23. The van der Waals surface area contributed by atoms with Gasteiger partial charge >= 0.3 is 12.0 Å². The van der Waals surface area contributed by atoms with Crippen LogP contribution >= 0.6 is 0 Å². The molecule has 0 aliphatic heterocycles. The first kappa shape index (κ1) is 12.4. The Morgan fingerprint density at radius 1 is 1.33 bits per heavy atom. The average molecular weight is 248 g/mol. The summed E-state index contributed by atoms with van der Waals surface area (Å²) in [5, 5.41) is 14.3. The highest BCUT2D eigenvalue weighted by atomic mass is 16.4. The van der Waals surface area contributed by atoms with E-state index in [1.165, 1.54) is 12.1 Å². The third-order valence-corrected chi connectivity index (χ3v) is 3.08. The van der Waals surface area contributed by atoms with Crippen molar-refractivity contribution in [3.05, 3.63) is 35.4 Å². The molecular weight excluding hydrogens is 232 g/mol. The first-order valence-electron chi connectivity index (χ1n) is 5.93. The van der Waals surface area contributed by atoms with Gasteiger partial charge in [0.05, 0.1) is 5.56 Å². The molecule has 0 bridgehead atoms. The van der Waals surface area contributed by atoms with Crippen LogP contribution in [0.3, 0.4) is 0 Å². The van der Waals surface area contributed by atoms with Crippen LogP contribution in [0.2, 0.25) is 0 Å². The zero-order chi connectivity index (χ0) is 13.1. The number of urea groups is 1. The van der Waals surface area contributed by atoms with Gasteiger partial charge in [-0.1, -0.05) is 19.1 Å². The number of benzene rings is 1. The molecule has 1 aromatic rings. The zero-order valence-electron chi connectivity index (χ0n) is 10.1. The fourth-order valence-corrected chi connectivity index (χ4v) is 1.69. The molecule has 5 nitrogen and oxygen atoms in total. The summed E-state index contributed by atoms with van der Waals surface area (Å²) in [6, 6.07) is 6.58. The second-order valence-corrected chi connectivity index (χ2v) is 4.65. The Kier molecular flexibility index (Phi) is 3.50. The predicted molar refractivity (Wildman–Crippen MR) is 66.3 cm³/mol. The Hall–Kier alpha value is -2.04. The SMILES string of the molecule is CC1CC1NC(=O)NCc1ccc(C(=O)O)cc1. The smallest absolute Gasteiger partial charge is 0.335 e. The minimum atomic E-state index is -0.949. The summed E-state index contributed by atoms with van der Waals surface area (Å²) >= 11 is 0. The summed E-state index contributed by atoms with van der Waals surface area (Å²) in [6.07, 6.45) is 1.04.